The van der Waals surface area contributed by atoms with Crippen molar-refractivity contribution in [3.05, 3.63) is 35.4 Å². The summed E-state index contributed by atoms with van der Waals surface area (Å²) in [5.74, 6) is -0.261. The molecule has 0 spiro atoms. The average molecular weight is 287 g/mol. The van der Waals surface area contributed by atoms with Gasteiger partial charge in [0.05, 0.1) is 28.2 Å². The molecule has 2 heterocycles. The summed E-state index contributed by atoms with van der Waals surface area (Å²) in [5, 5.41) is 2.36. The van der Waals surface area contributed by atoms with Crippen LogP contribution in [0.5, 0.6) is 0 Å². The summed E-state index contributed by atoms with van der Waals surface area (Å²) in [4.78, 5) is 26.7. The van der Waals surface area contributed by atoms with Crippen LogP contribution in [0.4, 0.5) is 0 Å². The number of benzene rings is 1. The third-order valence-electron chi connectivity index (χ3n) is 4.50. The van der Waals surface area contributed by atoms with Gasteiger partial charge in [-0.15, -0.1) is 0 Å². The number of quaternary nitrogens is 1. The standard InChI is InChI=1S/C17H22N2O2/c1-16(2)9-11(10-17(3,4)18-16)19-14(20)12-7-5-6-8-13(12)15(19)21/h5-8,11,18H,9-10H2,1-4H3/p+1. The molecule has 0 aliphatic carbocycles. The second-order valence-electron chi connectivity index (χ2n) is 7.71. The van der Waals surface area contributed by atoms with Gasteiger partial charge in [-0.2, -0.15) is 0 Å². The number of nitrogens with zero attached hydrogens (tertiary/aromatic N) is 1. The van der Waals surface area contributed by atoms with Crippen LogP contribution in [-0.4, -0.2) is 33.8 Å². The second-order valence-corrected chi connectivity index (χ2v) is 7.71. The number of carbonyl (C=O) groups is 2. The van der Waals surface area contributed by atoms with Crippen molar-refractivity contribution in [2.45, 2.75) is 57.7 Å². The Morgan fingerprint density at radius 3 is 1.81 bits per heavy atom. The van der Waals surface area contributed by atoms with Crippen LogP contribution < -0.4 is 5.32 Å². The molecule has 0 bridgehead atoms. The van der Waals surface area contributed by atoms with Gasteiger partial charge in [0.2, 0.25) is 0 Å². The largest absolute Gasteiger partial charge is 0.337 e. The minimum atomic E-state index is -0.130. The minimum absolute atomic E-state index is 0.0209. The Balaban J connectivity index is 1.95. The van der Waals surface area contributed by atoms with Crippen LogP contribution in [0.2, 0.25) is 0 Å². The highest BCUT2D eigenvalue weighted by Crippen LogP contribution is 2.32. The number of nitrogens with two attached hydrogens (primary N) is 1. The van der Waals surface area contributed by atoms with Crippen LogP contribution in [-0.2, 0) is 0 Å². The van der Waals surface area contributed by atoms with E-state index in [4.69, 9.17) is 0 Å². The molecule has 21 heavy (non-hydrogen) atoms. The van der Waals surface area contributed by atoms with Gasteiger partial charge in [-0.1, -0.05) is 12.1 Å². The molecule has 2 amide bonds. The lowest BCUT2D eigenvalue weighted by molar-refractivity contribution is -0.788. The first kappa shape index (κ1) is 14.3. The number of carbonyl (C=O) groups excluding carboxylic acids is 2. The van der Waals surface area contributed by atoms with Gasteiger partial charge < -0.3 is 5.32 Å². The molecule has 1 fully saturated rings. The molecule has 2 N–H and O–H groups in total. The highest BCUT2D eigenvalue weighted by molar-refractivity contribution is 6.21. The average Bonchev–Trinajstić information content (AvgIpc) is 2.59. The van der Waals surface area contributed by atoms with E-state index in [1.165, 1.54) is 4.90 Å². The van der Waals surface area contributed by atoms with E-state index in [2.05, 4.69) is 33.0 Å². The van der Waals surface area contributed by atoms with Crippen LogP contribution in [0.3, 0.4) is 0 Å². The van der Waals surface area contributed by atoms with Crippen molar-refractivity contribution in [1.82, 2.24) is 4.90 Å². The summed E-state index contributed by atoms with van der Waals surface area (Å²) in [5.41, 5.74) is 1.16. The van der Waals surface area contributed by atoms with Crippen molar-refractivity contribution in [3.63, 3.8) is 0 Å². The molecule has 1 aromatic carbocycles. The normalized spacial score (nSPS) is 24.3. The van der Waals surface area contributed by atoms with Gasteiger partial charge >= 0.3 is 0 Å². The molecule has 0 atom stereocenters. The maximum atomic E-state index is 12.6. The zero-order chi connectivity index (χ0) is 15.4. The molecule has 4 nitrogen and oxygen atoms in total. The van der Waals surface area contributed by atoms with Crippen molar-refractivity contribution in [2.75, 3.05) is 0 Å². The molecule has 0 aromatic heterocycles. The number of rotatable bonds is 1. The predicted octanol–water partition coefficient (Wildman–Crippen LogP) is 1.57. The molecule has 112 valence electrons. The van der Waals surface area contributed by atoms with Crippen LogP contribution in [0, 0.1) is 0 Å². The van der Waals surface area contributed by atoms with Crippen molar-refractivity contribution >= 4 is 11.8 Å². The summed E-state index contributed by atoms with van der Waals surface area (Å²) in [7, 11) is 0. The topological polar surface area (TPSA) is 54.0 Å². The van der Waals surface area contributed by atoms with E-state index in [-0.39, 0.29) is 28.9 Å². The Kier molecular flexibility index (Phi) is 2.99. The van der Waals surface area contributed by atoms with Gasteiger partial charge in [-0.25, -0.2) is 0 Å². The smallest absolute Gasteiger partial charge is 0.261 e. The number of imide groups is 1. The zero-order valence-electron chi connectivity index (χ0n) is 13.1. The van der Waals surface area contributed by atoms with E-state index in [1.54, 1.807) is 12.1 Å². The first-order valence-corrected chi connectivity index (χ1v) is 7.54. The third-order valence-corrected chi connectivity index (χ3v) is 4.50. The summed E-state index contributed by atoms with van der Waals surface area (Å²) in [6.07, 6.45) is 1.67. The molecule has 0 radical (unpaired) electrons. The maximum Gasteiger partial charge on any atom is 0.261 e. The predicted molar refractivity (Wildman–Crippen MR) is 80.0 cm³/mol. The number of hydrogen-bond donors (Lipinski definition) is 1. The van der Waals surface area contributed by atoms with Gasteiger partial charge in [-0.3, -0.25) is 14.5 Å². The highest BCUT2D eigenvalue weighted by Gasteiger charge is 2.49. The molecule has 1 saturated heterocycles. The Bertz CT molecular complexity index is 568. The summed E-state index contributed by atoms with van der Waals surface area (Å²) in [6, 6.07) is 7.11. The van der Waals surface area contributed by atoms with Crippen LogP contribution in [0.25, 0.3) is 0 Å². The molecule has 2 aliphatic heterocycles. The molecular weight excluding hydrogens is 264 g/mol. The van der Waals surface area contributed by atoms with E-state index in [9.17, 15) is 9.59 Å². The fourth-order valence-corrected chi connectivity index (χ4v) is 4.18. The Morgan fingerprint density at radius 1 is 0.952 bits per heavy atom. The molecule has 2 aliphatic rings. The fourth-order valence-electron chi connectivity index (χ4n) is 4.18. The van der Waals surface area contributed by atoms with E-state index in [1.807, 2.05) is 12.1 Å². The maximum absolute atomic E-state index is 12.6. The fraction of sp³-hybridized carbons (Fsp3) is 0.529. The van der Waals surface area contributed by atoms with E-state index in [0.29, 0.717) is 11.1 Å². The van der Waals surface area contributed by atoms with Gasteiger partial charge in [0.25, 0.3) is 11.8 Å². The SMILES string of the molecule is CC1(C)CC(N2C(=O)c3ccccc3C2=O)CC(C)(C)[NH2+]1. The van der Waals surface area contributed by atoms with E-state index in [0.717, 1.165) is 12.8 Å². The molecule has 4 heteroatoms. The number of piperidine rings is 1. The van der Waals surface area contributed by atoms with Gasteiger partial charge in [0, 0.05) is 12.8 Å². The van der Waals surface area contributed by atoms with E-state index < -0.39 is 0 Å². The molecule has 0 saturated carbocycles. The first-order chi connectivity index (χ1) is 9.70. The first-order valence-electron chi connectivity index (χ1n) is 7.54. The Hall–Kier alpha value is -1.68. The van der Waals surface area contributed by atoms with Crippen molar-refractivity contribution in [3.8, 4) is 0 Å². The molecule has 0 unspecified atom stereocenters. The lowest BCUT2D eigenvalue weighted by Crippen LogP contribution is -3.06. The number of amides is 2. The quantitative estimate of drug-likeness (QED) is 0.797. The lowest BCUT2D eigenvalue weighted by Gasteiger charge is -2.45. The summed E-state index contributed by atoms with van der Waals surface area (Å²) < 4.78 is 0. The van der Waals surface area contributed by atoms with Gasteiger partial charge in [-0.05, 0) is 39.8 Å². The highest BCUT2D eigenvalue weighted by atomic mass is 16.2. The summed E-state index contributed by atoms with van der Waals surface area (Å²) in [6.45, 7) is 8.72. The Morgan fingerprint density at radius 2 is 1.38 bits per heavy atom. The van der Waals surface area contributed by atoms with Crippen LogP contribution in [0.15, 0.2) is 24.3 Å². The second kappa shape index (κ2) is 4.41. The molecule has 1 aromatic rings. The van der Waals surface area contributed by atoms with Crippen molar-refractivity contribution < 1.29 is 14.9 Å². The van der Waals surface area contributed by atoms with Crippen LogP contribution in [0.1, 0.15) is 61.3 Å². The van der Waals surface area contributed by atoms with Gasteiger partial charge in [0.15, 0.2) is 0 Å². The third kappa shape index (κ3) is 2.38. The number of hydrogen-bond acceptors (Lipinski definition) is 2. The lowest BCUT2D eigenvalue weighted by atomic mass is 9.79. The minimum Gasteiger partial charge on any atom is -0.337 e. The Labute approximate surface area is 125 Å². The molecule has 3 rings (SSSR count). The van der Waals surface area contributed by atoms with Crippen molar-refractivity contribution in [2.24, 2.45) is 0 Å². The van der Waals surface area contributed by atoms with Gasteiger partial charge in [0.1, 0.15) is 0 Å². The zero-order valence-corrected chi connectivity index (χ0v) is 13.1. The van der Waals surface area contributed by atoms with Crippen LogP contribution >= 0.6 is 0 Å². The summed E-state index contributed by atoms with van der Waals surface area (Å²) >= 11 is 0. The molecular formula is C17H23N2O2+. The number of fused-ring (bicyclic) bond motifs is 1. The monoisotopic (exact) mass is 287 g/mol. The van der Waals surface area contributed by atoms with E-state index >= 15 is 0 Å². The van der Waals surface area contributed by atoms with Crippen molar-refractivity contribution in [1.29, 1.82) is 0 Å².